The second-order valence-corrected chi connectivity index (χ2v) is 5.34. The predicted octanol–water partition coefficient (Wildman–Crippen LogP) is 5.22. The smallest absolute Gasteiger partial charge is 0.337 e. The van der Waals surface area contributed by atoms with Crippen molar-refractivity contribution in [2.45, 2.75) is 26.2 Å². The van der Waals surface area contributed by atoms with Gasteiger partial charge < -0.3 is 5.11 Å². The molecule has 0 fully saturated rings. The van der Waals surface area contributed by atoms with Crippen LogP contribution in [0.1, 0.15) is 42.1 Å². The Morgan fingerprint density at radius 1 is 1.15 bits per heavy atom. The maximum atomic E-state index is 11.1. The van der Waals surface area contributed by atoms with E-state index in [2.05, 4.69) is 26.0 Å². The normalized spacial score (nSPS) is 12.2. The number of halogens is 1. The van der Waals surface area contributed by atoms with E-state index in [-0.39, 0.29) is 10.6 Å². The van der Waals surface area contributed by atoms with Crippen LogP contribution in [0.4, 0.5) is 0 Å². The van der Waals surface area contributed by atoms with Crippen LogP contribution in [0.2, 0.25) is 5.02 Å². The maximum Gasteiger partial charge on any atom is 0.337 e. The fraction of sp³-hybridized carbons (Fsp3) is 0.235. The minimum Gasteiger partial charge on any atom is -0.478 e. The Bertz CT molecular complexity index is 617. The second kappa shape index (κ2) is 6.10. The van der Waals surface area contributed by atoms with Crippen LogP contribution in [0.3, 0.4) is 0 Å². The van der Waals surface area contributed by atoms with Gasteiger partial charge in [-0.25, -0.2) is 4.79 Å². The standard InChI is InChI=1S/C17H17ClO2/c1-3-11(2)12-4-6-13(7-5-12)14-8-9-16(18)15(10-14)17(19)20/h4-11H,3H2,1-2H3,(H,19,20). The molecule has 20 heavy (non-hydrogen) atoms. The van der Waals surface area contributed by atoms with Crippen LogP contribution in [0, 0.1) is 0 Å². The van der Waals surface area contributed by atoms with E-state index in [0.29, 0.717) is 5.92 Å². The first kappa shape index (κ1) is 14.6. The summed E-state index contributed by atoms with van der Waals surface area (Å²) in [7, 11) is 0. The molecular weight excluding hydrogens is 272 g/mol. The molecular formula is C17H17ClO2. The lowest BCUT2D eigenvalue weighted by molar-refractivity contribution is 0.0697. The fourth-order valence-corrected chi connectivity index (χ4v) is 2.31. The SMILES string of the molecule is CCC(C)c1ccc(-c2ccc(Cl)c(C(=O)O)c2)cc1. The number of rotatable bonds is 4. The molecule has 2 rings (SSSR count). The molecule has 2 nitrogen and oxygen atoms in total. The first-order valence-corrected chi connectivity index (χ1v) is 7.04. The quantitative estimate of drug-likeness (QED) is 0.837. The lowest BCUT2D eigenvalue weighted by atomic mass is 9.95. The van der Waals surface area contributed by atoms with Gasteiger partial charge in [-0.2, -0.15) is 0 Å². The topological polar surface area (TPSA) is 37.3 Å². The molecule has 0 saturated carbocycles. The molecule has 3 heteroatoms. The lowest BCUT2D eigenvalue weighted by Gasteiger charge is -2.10. The predicted molar refractivity (Wildman–Crippen MR) is 82.6 cm³/mol. The molecule has 2 aromatic rings. The van der Waals surface area contributed by atoms with Gasteiger partial charge in [-0.1, -0.05) is 55.8 Å². The molecule has 0 radical (unpaired) electrons. The van der Waals surface area contributed by atoms with Crippen molar-refractivity contribution < 1.29 is 9.90 Å². The summed E-state index contributed by atoms with van der Waals surface area (Å²) in [5.74, 6) is -0.475. The first-order valence-electron chi connectivity index (χ1n) is 6.66. The second-order valence-electron chi connectivity index (χ2n) is 4.93. The van der Waals surface area contributed by atoms with E-state index in [1.54, 1.807) is 12.1 Å². The fourth-order valence-electron chi connectivity index (χ4n) is 2.11. The molecule has 0 aliphatic rings. The molecule has 2 aromatic carbocycles. The van der Waals surface area contributed by atoms with Crippen LogP contribution in [0.5, 0.6) is 0 Å². The van der Waals surface area contributed by atoms with Gasteiger partial charge >= 0.3 is 5.97 Å². The summed E-state index contributed by atoms with van der Waals surface area (Å²) in [5.41, 5.74) is 3.29. The van der Waals surface area contributed by atoms with Crippen molar-refractivity contribution in [3.8, 4) is 11.1 Å². The van der Waals surface area contributed by atoms with Crippen LogP contribution < -0.4 is 0 Å². The Balaban J connectivity index is 2.37. The number of hydrogen-bond donors (Lipinski definition) is 1. The van der Waals surface area contributed by atoms with Gasteiger partial charge in [-0.05, 0) is 41.2 Å². The van der Waals surface area contributed by atoms with Gasteiger partial charge in [0, 0.05) is 0 Å². The third-order valence-corrected chi connectivity index (χ3v) is 3.95. The first-order chi connectivity index (χ1) is 9.52. The van der Waals surface area contributed by atoms with E-state index in [4.69, 9.17) is 16.7 Å². The Kier molecular flexibility index (Phi) is 4.46. The van der Waals surface area contributed by atoms with Crippen molar-refractivity contribution >= 4 is 17.6 Å². The van der Waals surface area contributed by atoms with Gasteiger partial charge in [0.25, 0.3) is 0 Å². The number of hydrogen-bond acceptors (Lipinski definition) is 1. The van der Waals surface area contributed by atoms with E-state index in [1.807, 2.05) is 18.2 Å². The third kappa shape index (κ3) is 3.02. The van der Waals surface area contributed by atoms with Crippen molar-refractivity contribution in [3.05, 3.63) is 58.6 Å². The molecule has 0 aliphatic carbocycles. The summed E-state index contributed by atoms with van der Waals surface area (Å²) in [5, 5.41) is 9.36. The summed E-state index contributed by atoms with van der Waals surface area (Å²) in [4.78, 5) is 11.1. The maximum absolute atomic E-state index is 11.1. The lowest BCUT2D eigenvalue weighted by Crippen LogP contribution is -1.97. The van der Waals surface area contributed by atoms with Crippen molar-refractivity contribution in [3.63, 3.8) is 0 Å². The Morgan fingerprint density at radius 3 is 2.30 bits per heavy atom. The van der Waals surface area contributed by atoms with Gasteiger partial charge in [0.2, 0.25) is 0 Å². The van der Waals surface area contributed by atoms with Crippen LogP contribution >= 0.6 is 11.6 Å². The number of benzene rings is 2. The highest BCUT2D eigenvalue weighted by Gasteiger charge is 2.10. The monoisotopic (exact) mass is 288 g/mol. The van der Waals surface area contributed by atoms with E-state index < -0.39 is 5.97 Å². The van der Waals surface area contributed by atoms with Crippen LogP contribution in [-0.2, 0) is 0 Å². The highest BCUT2D eigenvalue weighted by atomic mass is 35.5. The van der Waals surface area contributed by atoms with Crippen LogP contribution in [-0.4, -0.2) is 11.1 Å². The number of carbonyl (C=O) groups is 1. The highest BCUT2D eigenvalue weighted by Crippen LogP contribution is 2.27. The summed E-state index contributed by atoms with van der Waals surface area (Å²) in [6, 6.07) is 13.3. The van der Waals surface area contributed by atoms with Crippen molar-refractivity contribution in [2.24, 2.45) is 0 Å². The van der Waals surface area contributed by atoms with E-state index in [0.717, 1.165) is 17.5 Å². The molecule has 0 bridgehead atoms. The molecule has 1 N–H and O–H groups in total. The van der Waals surface area contributed by atoms with Gasteiger partial charge in [0.15, 0.2) is 0 Å². The van der Waals surface area contributed by atoms with Crippen molar-refractivity contribution in [2.75, 3.05) is 0 Å². The third-order valence-electron chi connectivity index (χ3n) is 3.62. The van der Waals surface area contributed by atoms with Crippen LogP contribution in [0.15, 0.2) is 42.5 Å². The zero-order valence-electron chi connectivity index (χ0n) is 11.6. The Hall–Kier alpha value is -1.80. The van der Waals surface area contributed by atoms with E-state index in [9.17, 15) is 4.79 Å². The zero-order chi connectivity index (χ0) is 14.7. The summed E-state index contributed by atoms with van der Waals surface area (Å²) < 4.78 is 0. The van der Waals surface area contributed by atoms with Gasteiger partial charge in [0.1, 0.15) is 0 Å². The van der Waals surface area contributed by atoms with E-state index in [1.165, 1.54) is 5.56 Å². The summed E-state index contributed by atoms with van der Waals surface area (Å²) in [6.07, 6.45) is 1.10. The summed E-state index contributed by atoms with van der Waals surface area (Å²) >= 11 is 5.88. The van der Waals surface area contributed by atoms with Crippen LogP contribution in [0.25, 0.3) is 11.1 Å². The Labute approximate surface area is 124 Å². The average Bonchev–Trinajstić information content (AvgIpc) is 2.47. The molecule has 0 spiro atoms. The molecule has 0 amide bonds. The van der Waals surface area contributed by atoms with Crippen molar-refractivity contribution in [1.82, 2.24) is 0 Å². The molecule has 0 heterocycles. The van der Waals surface area contributed by atoms with E-state index >= 15 is 0 Å². The van der Waals surface area contributed by atoms with Gasteiger partial charge in [0.05, 0.1) is 10.6 Å². The molecule has 1 unspecified atom stereocenters. The number of carboxylic acid groups (broad SMARTS) is 1. The molecule has 0 saturated heterocycles. The largest absolute Gasteiger partial charge is 0.478 e. The number of aromatic carboxylic acids is 1. The minimum absolute atomic E-state index is 0.134. The summed E-state index contributed by atoms with van der Waals surface area (Å²) in [6.45, 7) is 4.36. The number of carboxylic acids is 1. The molecule has 0 aromatic heterocycles. The average molecular weight is 289 g/mol. The molecule has 104 valence electrons. The Morgan fingerprint density at radius 2 is 1.75 bits per heavy atom. The highest BCUT2D eigenvalue weighted by molar-refractivity contribution is 6.33. The molecule has 0 aliphatic heterocycles. The minimum atomic E-state index is -1.01. The van der Waals surface area contributed by atoms with Gasteiger partial charge in [-0.15, -0.1) is 0 Å². The van der Waals surface area contributed by atoms with Gasteiger partial charge in [-0.3, -0.25) is 0 Å². The molecule has 1 atom stereocenters. The van der Waals surface area contributed by atoms with Crippen molar-refractivity contribution in [1.29, 1.82) is 0 Å². The zero-order valence-corrected chi connectivity index (χ0v) is 12.3.